The Labute approximate surface area is 114 Å². The van der Waals surface area contributed by atoms with Gasteiger partial charge in [0.1, 0.15) is 0 Å². The van der Waals surface area contributed by atoms with Gasteiger partial charge < -0.3 is 4.90 Å². The second-order valence-electron chi connectivity index (χ2n) is 4.46. The van der Waals surface area contributed by atoms with Gasteiger partial charge in [-0.3, -0.25) is 4.99 Å². The molecule has 2 heteroatoms. The molecular weight excluding hydrogens is 232 g/mol. The molecule has 0 N–H and O–H groups in total. The number of aliphatic imine (C=N–C) groups is 1. The van der Waals surface area contributed by atoms with Gasteiger partial charge in [0, 0.05) is 26.0 Å². The lowest BCUT2D eigenvalue weighted by atomic mass is 10.2. The Morgan fingerprint density at radius 1 is 0.895 bits per heavy atom. The van der Waals surface area contributed by atoms with Crippen molar-refractivity contribution < 1.29 is 0 Å². The zero-order chi connectivity index (χ0) is 13.5. The van der Waals surface area contributed by atoms with Crippen molar-refractivity contribution in [1.29, 1.82) is 0 Å². The van der Waals surface area contributed by atoms with Gasteiger partial charge in [-0.1, -0.05) is 36.4 Å². The molecule has 96 valence electrons. The molecular formula is C17H18N2. The SMILES string of the molecule is CN(C)c1ccc(N=C/C=C/c2ccccc2)cc1. The van der Waals surface area contributed by atoms with Crippen LogP contribution in [-0.2, 0) is 0 Å². The Morgan fingerprint density at radius 3 is 2.21 bits per heavy atom. The first kappa shape index (κ1) is 13.1. The molecule has 0 aromatic heterocycles. The zero-order valence-electron chi connectivity index (χ0n) is 11.3. The molecule has 2 rings (SSSR count). The van der Waals surface area contributed by atoms with Crippen LogP contribution in [0.4, 0.5) is 11.4 Å². The molecule has 0 heterocycles. The summed E-state index contributed by atoms with van der Waals surface area (Å²) in [5.74, 6) is 0. The van der Waals surface area contributed by atoms with E-state index >= 15 is 0 Å². The first-order valence-corrected chi connectivity index (χ1v) is 6.29. The lowest BCUT2D eigenvalue weighted by molar-refractivity contribution is 1.13. The zero-order valence-corrected chi connectivity index (χ0v) is 11.3. The topological polar surface area (TPSA) is 15.6 Å². The summed E-state index contributed by atoms with van der Waals surface area (Å²) in [7, 11) is 4.06. The van der Waals surface area contributed by atoms with E-state index in [4.69, 9.17) is 0 Å². The van der Waals surface area contributed by atoms with E-state index in [2.05, 4.69) is 34.2 Å². The quantitative estimate of drug-likeness (QED) is 0.744. The van der Waals surface area contributed by atoms with Crippen molar-refractivity contribution in [3.05, 3.63) is 66.2 Å². The van der Waals surface area contributed by atoms with Gasteiger partial charge in [0.2, 0.25) is 0 Å². The lowest BCUT2D eigenvalue weighted by Gasteiger charge is -2.11. The number of anilines is 1. The van der Waals surface area contributed by atoms with E-state index in [0.29, 0.717) is 0 Å². The third-order valence-corrected chi connectivity index (χ3v) is 2.76. The van der Waals surface area contributed by atoms with Gasteiger partial charge in [0.05, 0.1) is 5.69 Å². The van der Waals surface area contributed by atoms with E-state index in [0.717, 1.165) is 5.69 Å². The van der Waals surface area contributed by atoms with E-state index in [1.54, 1.807) is 0 Å². The van der Waals surface area contributed by atoms with Crippen molar-refractivity contribution in [3.8, 4) is 0 Å². The molecule has 2 aromatic carbocycles. The van der Waals surface area contributed by atoms with Gasteiger partial charge in [0.15, 0.2) is 0 Å². The summed E-state index contributed by atoms with van der Waals surface area (Å²) in [4.78, 5) is 6.46. The van der Waals surface area contributed by atoms with Crippen LogP contribution in [0.1, 0.15) is 5.56 Å². The second-order valence-corrected chi connectivity index (χ2v) is 4.46. The Kier molecular flexibility index (Phi) is 4.51. The molecule has 0 saturated heterocycles. The maximum atomic E-state index is 4.39. The van der Waals surface area contributed by atoms with Crippen LogP contribution < -0.4 is 4.90 Å². The summed E-state index contributed by atoms with van der Waals surface area (Å²) < 4.78 is 0. The van der Waals surface area contributed by atoms with E-state index in [1.807, 2.05) is 62.8 Å². The molecule has 0 unspecified atom stereocenters. The van der Waals surface area contributed by atoms with Crippen molar-refractivity contribution in [3.63, 3.8) is 0 Å². The Morgan fingerprint density at radius 2 is 1.58 bits per heavy atom. The van der Waals surface area contributed by atoms with Gasteiger partial charge >= 0.3 is 0 Å². The standard InChI is InChI=1S/C17H18N2/c1-19(2)17-12-10-16(11-13-17)18-14-6-9-15-7-4-3-5-8-15/h3-14H,1-2H3/b9-6+,18-14?. The summed E-state index contributed by atoms with van der Waals surface area (Å²) in [6.07, 6.45) is 5.81. The Balaban J connectivity index is 1.97. The van der Waals surface area contributed by atoms with Crippen molar-refractivity contribution in [2.75, 3.05) is 19.0 Å². The highest BCUT2D eigenvalue weighted by Crippen LogP contribution is 2.17. The molecule has 0 atom stereocenters. The highest BCUT2D eigenvalue weighted by Gasteiger charge is 1.93. The maximum Gasteiger partial charge on any atom is 0.0631 e. The number of nitrogens with zero attached hydrogens (tertiary/aromatic N) is 2. The fraction of sp³-hybridized carbons (Fsp3) is 0.118. The molecule has 19 heavy (non-hydrogen) atoms. The fourth-order valence-corrected chi connectivity index (χ4v) is 1.68. The van der Waals surface area contributed by atoms with Crippen LogP contribution >= 0.6 is 0 Å². The van der Waals surface area contributed by atoms with E-state index < -0.39 is 0 Å². The minimum Gasteiger partial charge on any atom is -0.378 e. The molecule has 2 nitrogen and oxygen atoms in total. The normalized spacial score (nSPS) is 11.3. The first-order valence-electron chi connectivity index (χ1n) is 6.29. The van der Waals surface area contributed by atoms with Crippen molar-refractivity contribution in [1.82, 2.24) is 0 Å². The highest BCUT2D eigenvalue weighted by molar-refractivity contribution is 5.80. The van der Waals surface area contributed by atoms with Crippen LogP contribution in [0, 0.1) is 0 Å². The lowest BCUT2D eigenvalue weighted by Crippen LogP contribution is -2.07. The van der Waals surface area contributed by atoms with Crippen LogP contribution in [-0.4, -0.2) is 20.3 Å². The molecule has 0 aliphatic heterocycles. The predicted molar refractivity (Wildman–Crippen MR) is 84.4 cm³/mol. The number of hydrogen-bond acceptors (Lipinski definition) is 2. The number of rotatable bonds is 4. The van der Waals surface area contributed by atoms with Gasteiger partial charge in [-0.25, -0.2) is 0 Å². The summed E-state index contributed by atoms with van der Waals surface area (Å²) in [6.45, 7) is 0. The molecule has 0 spiro atoms. The third kappa shape index (κ3) is 4.11. The third-order valence-electron chi connectivity index (χ3n) is 2.76. The Hall–Kier alpha value is -2.35. The van der Waals surface area contributed by atoms with Crippen LogP contribution in [0.2, 0.25) is 0 Å². The monoisotopic (exact) mass is 250 g/mol. The fourth-order valence-electron chi connectivity index (χ4n) is 1.68. The van der Waals surface area contributed by atoms with Crippen molar-refractivity contribution in [2.24, 2.45) is 4.99 Å². The minimum absolute atomic E-state index is 0.961. The van der Waals surface area contributed by atoms with Gasteiger partial charge in [-0.15, -0.1) is 0 Å². The van der Waals surface area contributed by atoms with Crippen LogP contribution in [0.5, 0.6) is 0 Å². The smallest absolute Gasteiger partial charge is 0.0631 e. The second kappa shape index (κ2) is 6.55. The number of hydrogen-bond donors (Lipinski definition) is 0. The molecule has 2 aromatic rings. The summed E-state index contributed by atoms with van der Waals surface area (Å²) >= 11 is 0. The number of benzene rings is 2. The number of allylic oxidation sites excluding steroid dienone is 1. The Bertz CT molecular complexity index is 552. The summed E-state index contributed by atoms with van der Waals surface area (Å²) in [5, 5.41) is 0. The van der Waals surface area contributed by atoms with Crippen LogP contribution in [0.15, 0.2) is 65.7 Å². The molecule has 0 bridgehead atoms. The van der Waals surface area contributed by atoms with Gasteiger partial charge in [-0.2, -0.15) is 0 Å². The maximum absolute atomic E-state index is 4.39. The largest absolute Gasteiger partial charge is 0.378 e. The molecule has 0 aliphatic rings. The molecule has 0 fully saturated rings. The average molecular weight is 250 g/mol. The van der Waals surface area contributed by atoms with Gasteiger partial charge in [-0.05, 0) is 35.9 Å². The highest BCUT2D eigenvalue weighted by atomic mass is 15.1. The van der Waals surface area contributed by atoms with Crippen LogP contribution in [0.3, 0.4) is 0 Å². The van der Waals surface area contributed by atoms with E-state index in [1.165, 1.54) is 11.3 Å². The summed E-state index contributed by atoms with van der Waals surface area (Å²) in [6, 6.07) is 18.4. The minimum atomic E-state index is 0.961. The average Bonchev–Trinajstić information content (AvgIpc) is 2.45. The van der Waals surface area contributed by atoms with Crippen LogP contribution in [0.25, 0.3) is 6.08 Å². The molecule has 0 saturated carbocycles. The first-order chi connectivity index (χ1) is 9.25. The molecule has 0 aliphatic carbocycles. The predicted octanol–water partition coefficient (Wildman–Crippen LogP) is 4.17. The van der Waals surface area contributed by atoms with Gasteiger partial charge in [0.25, 0.3) is 0 Å². The molecule has 0 amide bonds. The van der Waals surface area contributed by atoms with E-state index in [-0.39, 0.29) is 0 Å². The van der Waals surface area contributed by atoms with Crippen molar-refractivity contribution >= 4 is 23.7 Å². The molecule has 0 radical (unpaired) electrons. The van der Waals surface area contributed by atoms with Crippen molar-refractivity contribution in [2.45, 2.75) is 0 Å². The summed E-state index contributed by atoms with van der Waals surface area (Å²) in [5.41, 5.74) is 3.32. The van der Waals surface area contributed by atoms with E-state index in [9.17, 15) is 0 Å².